The van der Waals surface area contributed by atoms with E-state index in [0.717, 1.165) is 7.11 Å². The Kier molecular flexibility index (Phi) is 14.4. The van der Waals surface area contributed by atoms with Crippen molar-refractivity contribution < 1.29 is 52.5 Å². The van der Waals surface area contributed by atoms with Gasteiger partial charge in [0.2, 0.25) is 13.6 Å². The zero-order chi connectivity index (χ0) is 24.7. The van der Waals surface area contributed by atoms with Crippen LogP contribution in [-0.2, 0) is 42.9 Å². The number of hydrogen-bond acceptors (Lipinski definition) is 13. The van der Waals surface area contributed by atoms with Crippen LogP contribution in [0.25, 0.3) is 0 Å². The van der Waals surface area contributed by atoms with Gasteiger partial charge in [-0.2, -0.15) is 0 Å². The number of ketones is 1. The number of Topliss-reactive ketones (excluding diaryl/α,β-unsaturated/α-hetero) is 1. The molecule has 0 heterocycles. The number of esters is 3. The fourth-order valence-electron chi connectivity index (χ4n) is 1.84. The molecule has 0 saturated carbocycles. The summed E-state index contributed by atoms with van der Waals surface area (Å²) in [5, 5.41) is -1.63. The van der Waals surface area contributed by atoms with Gasteiger partial charge in [0.05, 0.1) is 17.8 Å². The van der Waals surface area contributed by atoms with E-state index >= 15 is 0 Å². The molecule has 0 aromatic heterocycles. The second kappa shape index (κ2) is 15.5. The molecule has 13 heteroatoms. The summed E-state index contributed by atoms with van der Waals surface area (Å²) in [5.74, 6) is -3.38. The Morgan fingerprint density at radius 2 is 1.31 bits per heavy atom. The molecule has 0 radical (unpaired) electrons. The maximum atomic E-state index is 12.7. The van der Waals surface area contributed by atoms with E-state index < -0.39 is 58.5 Å². The molecule has 0 amide bonds. The standard InChI is InChI=1S/C19H28O11S2/c1-6-14(21)27-10-29-17(24)31-9-12(16(23)26-5)8-13(20)19(3,4)32-18(25)30-11-28-15(22)7-2/h12H,6-11H2,1-5H3/t12-/m0/s1. The highest BCUT2D eigenvalue weighted by atomic mass is 32.2. The highest BCUT2D eigenvalue weighted by Gasteiger charge is 2.36. The van der Waals surface area contributed by atoms with Gasteiger partial charge >= 0.3 is 28.5 Å². The highest BCUT2D eigenvalue weighted by molar-refractivity contribution is 8.15. The molecule has 0 unspecified atom stereocenters. The number of hydrogen-bond donors (Lipinski definition) is 0. The Hall–Kier alpha value is -2.28. The molecule has 0 aromatic rings. The summed E-state index contributed by atoms with van der Waals surface area (Å²) >= 11 is 1.19. The maximum Gasteiger partial charge on any atom is 0.371 e. The molecule has 0 fully saturated rings. The number of thioether (sulfide) groups is 2. The van der Waals surface area contributed by atoms with Crippen molar-refractivity contribution in [3.05, 3.63) is 0 Å². The van der Waals surface area contributed by atoms with Gasteiger partial charge in [0.25, 0.3) is 0 Å². The number of carbonyl (C=O) groups is 6. The third kappa shape index (κ3) is 12.5. The van der Waals surface area contributed by atoms with E-state index in [0.29, 0.717) is 23.5 Å². The quantitative estimate of drug-likeness (QED) is 0.209. The van der Waals surface area contributed by atoms with Gasteiger partial charge in [-0.15, -0.1) is 0 Å². The van der Waals surface area contributed by atoms with Crippen molar-refractivity contribution >= 4 is 57.8 Å². The predicted molar refractivity (Wildman–Crippen MR) is 115 cm³/mol. The Balaban J connectivity index is 4.72. The Bertz CT molecular complexity index is 691. The van der Waals surface area contributed by atoms with Crippen molar-refractivity contribution in [2.24, 2.45) is 5.92 Å². The molecule has 32 heavy (non-hydrogen) atoms. The van der Waals surface area contributed by atoms with Gasteiger partial charge in [-0.25, -0.2) is 9.59 Å². The van der Waals surface area contributed by atoms with Crippen molar-refractivity contribution in [1.82, 2.24) is 0 Å². The molecule has 0 spiro atoms. The molecule has 0 aliphatic heterocycles. The Morgan fingerprint density at radius 3 is 1.78 bits per heavy atom. The van der Waals surface area contributed by atoms with Crippen LogP contribution in [0.4, 0.5) is 9.59 Å². The summed E-state index contributed by atoms with van der Waals surface area (Å²) in [6.07, 6.45) is -0.0582. The third-order valence-corrected chi connectivity index (χ3v) is 5.69. The summed E-state index contributed by atoms with van der Waals surface area (Å²) < 4.78 is 22.1. The first-order valence-electron chi connectivity index (χ1n) is 9.54. The van der Waals surface area contributed by atoms with Crippen molar-refractivity contribution in [2.45, 2.75) is 51.7 Å². The smallest absolute Gasteiger partial charge is 0.371 e. The van der Waals surface area contributed by atoms with Crippen molar-refractivity contribution in [1.29, 1.82) is 0 Å². The fraction of sp³-hybridized carbons (Fsp3) is 0.684. The number of ether oxygens (including phenoxy) is 5. The van der Waals surface area contributed by atoms with E-state index in [4.69, 9.17) is 9.47 Å². The van der Waals surface area contributed by atoms with Crippen LogP contribution in [0.1, 0.15) is 47.0 Å². The lowest BCUT2D eigenvalue weighted by atomic mass is 9.97. The predicted octanol–water partition coefficient (Wildman–Crippen LogP) is 3.07. The minimum Gasteiger partial charge on any atom is -0.469 e. The average molecular weight is 497 g/mol. The molecule has 0 saturated heterocycles. The van der Waals surface area contributed by atoms with Gasteiger partial charge in [0.15, 0.2) is 0 Å². The molecule has 0 rings (SSSR count). The van der Waals surface area contributed by atoms with Crippen LogP contribution in [0.5, 0.6) is 0 Å². The molecule has 0 N–H and O–H groups in total. The first-order valence-corrected chi connectivity index (χ1v) is 11.3. The molecule has 0 aromatic carbocycles. The lowest BCUT2D eigenvalue weighted by Gasteiger charge is -2.23. The average Bonchev–Trinajstić information content (AvgIpc) is 2.74. The number of methoxy groups -OCH3 is 1. The lowest BCUT2D eigenvalue weighted by molar-refractivity contribution is -0.152. The molecule has 0 aliphatic rings. The van der Waals surface area contributed by atoms with Gasteiger partial charge in [-0.1, -0.05) is 13.8 Å². The van der Waals surface area contributed by atoms with E-state index in [1.54, 1.807) is 13.8 Å². The molecule has 0 bridgehead atoms. The van der Waals surface area contributed by atoms with Crippen LogP contribution in [0.15, 0.2) is 0 Å². The van der Waals surface area contributed by atoms with E-state index in [-0.39, 0.29) is 25.0 Å². The zero-order valence-corrected chi connectivity index (χ0v) is 20.3. The van der Waals surface area contributed by atoms with Gasteiger partial charge in [0, 0.05) is 25.0 Å². The van der Waals surface area contributed by atoms with Gasteiger partial charge < -0.3 is 23.7 Å². The Labute approximate surface area is 194 Å². The first-order chi connectivity index (χ1) is 15.0. The van der Waals surface area contributed by atoms with Crippen LogP contribution < -0.4 is 0 Å². The topological polar surface area (TPSA) is 149 Å². The maximum absolute atomic E-state index is 12.7. The van der Waals surface area contributed by atoms with Crippen LogP contribution in [0, 0.1) is 5.92 Å². The highest BCUT2D eigenvalue weighted by Crippen LogP contribution is 2.30. The molecule has 0 aliphatic carbocycles. The first kappa shape index (κ1) is 29.7. The summed E-state index contributed by atoms with van der Waals surface area (Å²) in [5.41, 5.74) is 0. The van der Waals surface area contributed by atoms with Gasteiger partial charge in [0.1, 0.15) is 5.78 Å². The van der Waals surface area contributed by atoms with E-state index in [9.17, 15) is 28.8 Å². The summed E-state index contributed by atoms with van der Waals surface area (Å²) in [6.45, 7) is 4.98. The van der Waals surface area contributed by atoms with Gasteiger partial charge in [-0.05, 0) is 37.4 Å². The normalized spacial score (nSPS) is 11.7. The molecule has 1 atom stereocenters. The van der Waals surface area contributed by atoms with Crippen LogP contribution >= 0.6 is 23.5 Å². The zero-order valence-electron chi connectivity index (χ0n) is 18.6. The fourth-order valence-corrected chi connectivity index (χ4v) is 3.29. The van der Waals surface area contributed by atoms with Gasteiger partial charge in [-0.3, -0.25) is 19.2 Å². The largest absolute Gasteiger partial charge is 0.469 e. The molecular weight excluding hydrogens is 468 g/mol. The number of rotatable bonds is 13. The van der Waals surface area contributed by atoms with E-state index in [2.05, 4.69) is 14.2 Å². The van der Waals surface area contributed by atoms with Crippen LogP contribution in [0.3, 0.4) is 0 Å². The minimum absolute atomic E-state index is 0.124. The van der Waals surface area contributed by atoms with Crippen molar-refractivity contribution in [2.75, 3.05) is 26.4 Å². The SMILES string of the molecule is CCC(=O)OCOC(=O)SC[C@H](CC(=O)C(C)(C)SC(=O)OCOC(=O)CC)C(=O)OC. The van der Waals surface area contributed by atoms with Crippen LogP contribution in [-0.4, -0.2) is 65.5 Å². The summed E-state index contributed by atoms with van der Waals surface area (Å²) in [6, 6.07) is 0. The minimum atomic E-state index is -1.27. The Morgan fingerprint density at radius 1 is 0.812 bits per heavy atom. The molecule has 11 nitrogen and oxygen atoms in total. The van der Waals surface area contributed by atoms with E-state index in [1.807, 2.05) is 0 Å². The monoisotopic (exact) mass is 496 g/mol. The second-order valence-electron chi connectivity index (χ2n) is 6.53. The summed E-state index contributed by atoms with van der Waals surface area (Å²) in [7, 11) is 1.14. The van der Waals surface area contributed by atoms with Crippen LogP contribution in [0.2, 0.25) is 0 Å². The third-order valence-electron chi connectivity index (χ3n) is 3.75. The van der Waals surface area contributed by atoms with E-state index in [1.165, 1.54) is 13.8 Å². The number of carbonyl (C=O) groups excluding carboxylic acids is 6. The molecular formula is C19H28O11S2. The summed E-state index contributed by atoms with van der Waals surface area (Å²) in [4.78, 5) is 70.4. The van der Waals surface area contributed by atoms with Crippen molar-refractivity contribution in [3.63, 3.8) is 0 Å². The lowest BCUT2D eigenvalue weighted by Crippen LogP contribution is -2.34. The molecule has 182 valence electrons. The second-order valence-corrected chi connectivity index (χ2v) is 9.05. The van der Waals surface area contributed by atoms with Crippen molar-refractivity contribution in [3.8, 4) is 0 Å².